The fourth-order valence-electron chi connectivity index (χ4n) is 3.17. The number of imidazole rings is 1. The van der Waals surface area contributed by atoms with Crippen molar-refractivity contribution in [1.82, 2.24) is 24.5 Å². The molecule has 0 aromatic carbocycles. The highest BCUT2D eigenvalue weighted by atomic mass is 16.2. The maximum Gasteiger partial charge on any atom is 0.287 e. The molecule has 2 amide bonds. The predicted molar refractivity (Wildman–Crippen MR) is 100 cm³/mol. The van der Waals surface area contributed by atoms with E-state index in [1.165, 1.54) is 0 Å². The quantitative estimate of drug-likeness (QED) is 0.798. The second-order valence-electron chi connectivity index (χ2n) is 6.80. The van der Waals surface area contributed by atoms with Crippen LogP contribution in [0.2, 0.25) is 0 Å². The van der Waals surface area contributed by atoms with Crippen LogP contribution in [0.4, 0.5) is 0 Å². The van der Waals surface area contributed by atoms with Crippen LogP contribution in [-0.2, 0) is 0 Å². The van der Waals surface area contributed by atoms with Gasteiger partial charge < -0.3 is 15.1 Å². The first kappa shape index (κ1) is 18.4. The summed E-state index contributed by atoms with van der Waals surface area (Å²) in [5, 5.41) is 2.91. The summed E-state index contributed by atoms with van der Waals surface area (Å²) in [6.45, 7) is 5.81. The van der Waals surface area contributed by atoms with Gasteiger partial charge in [-0.1, -0.05) is 25.8 Å². The molecule has 1 saturated heterocycles. The molecule has 3 rings (SSSR count). The Morgan fingerprint density at radius 1 is 1.15 bits per heavy atom. The molecule has 1 aliphatic heterocycles. The average molecular weight is 357 g/mol. The fourth-order valence-corrected chi connectivity index (χ4v) is 3.17. The van der Waals surface area contributed by atoms with Gasteiger partial charge in [0.15, 0.2) is 5.69 Å². The number of rotatable bonds is 6. The molecule has 1 fully saturated rings. The lowest BCUT2D eigenvalue weighted by atomic mass is 10.2. The van der Waals surface area contributed by atoms with E-state index in [4.69, 9.17) is 0 Å². The second-order valence-corrected chi connectivity index (χ2v) is 6.80. The van der Waals surface area contributed by atoms with Gasteiger partial charge in [0.1, 0.15) is 0 Å². The molecule has 1 aliphatic rings. The standard InChI is InChI=1S/C19H27N5O2/c1-3-4-6-9-20-18(25)17-21-16(15-8-5-7-10-24(15)17)19(26)23-13-11-22(2)12-14-23/h5,7-8,10H,3-4,6,9,11-14H2,1-2H3,(H,20,25). The number of pyridine rings is 1. The first-order valence-electron chi connectivity index (χ1n) is 9.35. The molecule has 0 bridgehead atoms. The average Bonchev–Trinajstić information content (AvgIpc) is 3.05. The van der Waals surface area contributed by atoms with E-state index in [1.54, 1.807) is 10.6 Å². The summed E-state index contributed by atoms with van der Waals surface area (Å²) >= 11 is 0. The van der Waals surface area contributed by atoms with Gasteiger partial charge in [-0.05, 0) is 25.6 Å². The summed E-state index contributed by atoms with van der Waals surface area (Å²) in [5.74, 6) is -0.0684. The summed E-state index contributed by atoms with van der Waals surface area (Å²) in [5.41, 5.74) is 1.03. The highest BCUT2D eigenvalue weighted by Crippen LogP contribution is 2.16. The van der Waals surface area contributed by atoms with Crippen LogP contribution in [0.1, 0.15) is 47.3 Å². The maximum absolute atomic E-state index is 13.0. The van der Waals surface area contributed by atoms with Gasteiger partial charge in [-0.25, -0.2) is 4.98 Å². The van der Waals surface area contributed by atoms with Crippen LogP contribution in [0.5, 0.6) is 0 Å². The highest BCUT2D eigenvalue weighted by molar-refractivity contribution is 6.02. The van der Waals surface area contributed by atoms with Crippen molar-refractivity contribution in [3.8, 4) is 0 Å². The normalized spacial score (nSPS) is 15.4. The molecule has 0 saturated carbocycles. The molecule has 7 nitrogen and oxygen atoms in total. The van der Waals surface area contributed by atoms with Crippen LogP contribution in [0.15, 0.2) is 24.4 Å². The number of aromatic nitrogens is 2. The maximum atomic E-state index is 13.0. The third kappa shape index (κ3) is 3.88. The monoisotopic (exact) mass is 357 g/mol. The lowest BCUT2D eigenvalue weighted by Gasteiger charge is -2.32. The molecule has 7 heteroatoms. The van der Waals surface area contributed by atoms with Gasteiger partial charge in [-0.3, -0.25) is 14.0 Å². The van der Waals surface area contributed by atoms with Gasteiger partial charge in [0.2, 0.25) is 5.82 Å². The molecule has 140 valence electrons. The van der Waals surface area contributed by atoms with Crippen molar-refractivity contribution in [3.63, 3.8) is 0 Å². The van der Waals surface area contributed by atoms with E-state index >= 15 is 0 Å². The zero-order valence-corrected chi connectivity index (χ0v) is 15.6. The van der Waals surface area contributed by atoms with Crippen LogP contribution >= 0.6 is 0 Å². The Morgan fingerprint density at radius 3 is 2.65 bits per heavy atom. The van der Waals surface area contributed by atoms with E-state index < -0.39 is 0 Å². The zero-order chi connectivity index (χ0) is 18.5. The van der Waals surface area contributed by atoms with E-state index in [0.29, 0.717) is 30.8 Å². The first-order valence-corrected chi connectivity index (χ1v) is 9.35. The third-order valence-corrected chi connectivity index (χ3v) is 4.81. The van der Waals surface area contributed by atoms with Crippen molar-refractivity contribution in [2.75, 3.05) is 39.8 Å². The van der Waals surface area contributed by atoms with Crippen LogP contribution in [-0.4, -0.2) is 70.8 Å². The van der Waals surface area contributed by atoms with Crippen molar-refractivity contribution >= 4 is 17.3 Å². The van der Waals surface area contributed by atoms with Crippen LogP contribution < -0.4 is 5.32 Å². The third-order valence-electron chi connectivity index (χ3n) is 4.81. The zero-order valence-electron chi connectivity index (χ0n) is 15.6. The van der Waals surface area contributed by atoms with Crippen LogP contribution in [0.25, 0.3) is 5.52 Å². The minimum Gasteiger partial charge on any atom is -0.349 e. The molecule has 2 aromatic heterocycles. The van der Waals surface area contributed by atoms with Crippen molar-refractivity contribution in [2.45, 2.75) is 26.2 Å². The van der Waals surface area contributed by atoms with Crippen LogP contribution in [0.3, 0.4) is 0 Å². The minimum absolute atomic E-state index is 0.105. The van der Waals surface area contributed by atoms with Crippen molar-refractivity contribution in [3.05, 3.63) is 35.9 Å². The Bertz CT molecular complexity index is 777. The molecule has 2 aromatic rings. The SMILES string of the molecule is CCCCCNC(=O)c1nc(C(=O)N2CCN(C)CC2)c2ccccn12. The number of nitrogens with zero attached hydrogens (tertiary/aromatic N) is 4. The second kappa shape index (κ2) is 8.31. The number of carbonyl (C=O) groups excluding carboxylic acids is 2. The Labute approximate surface area is 154 Å². The van der Waals surface area contributed by atoms with E-state index in [2.05, 4.69) is 29.2 Å². The van der Waals surface area contributed by atoms with Crippen molar-refractivity contribution in [2.24, 2.45) is 0 Å². The minimum atomic E-state index is -0.236. The van der Waals surface area contributed by atoms with Gasteiger partial charge in [0.25, 0.3) is 11.8 Å². The van der Waals surface area contributed by atoms with E-state index in [9.17, 15) is 9.59 Å². The molecule has 0 radical (unpaired) electrons. The summed E-state index contributed by atoms with van der Waals surface area (Å²) in [7, 11) is 2.05. The molecule has 1 N–H and O–H groups in total. The number of hydrogen-bond acceptors (Lipinski definition) is 4. The molecule has 0 atom stereocenters. The first-order chi connectivity index (χ1) is 12.6. The van der Waals surface area contributed by atoms with E-state index in [0.717, 1.165) is 32.4 Å². The fraction of sp³-hybridized carbons (Fsp3) is 0.526. The summed E-state index contributed by atoms with van der Waals surface area (Å²) < 4.78 is 1.71. The smallest absolute Gasteiger partial charge is 0.287 e. The van der Waals surface area contributed by atoms with Gasteiger partial charge in [-0.15, -0.1) is 0 Å². The number of fused-ring (bicyclic) bond motifs is 1. The molecular weight excluding hydrogens is 330 g/mol. The van der Waals surface area contributed by atoms with Gasteiger partial charge in [0.05, 0.1) is 5.52 Å². The number of amides is 2. The Balaban J connectivity index is 1.83. The molecule has 0 unspecified atom stereocenters. The number of likely N-dealkylation sites (N-methyl/N-ethyl adjacent to an activating group) is 1. The molecule has 26 heavy (non-hydrogen) atoms. The topological polar surface area (TPSA) is 70.0 Å². The summed E-state index contributed by atoms with van der Waals surface area (Å²) in [6.07, 6.45) is 4.91. The lowest BCUT2D eigenvalue weighted by Crippen LogP contribution is -2.47. The van der Waals surface area contributed by atoms with Crippen molar-refractivity contribution in [1.29, 1.82) is 0 Å². The highest BCUT2D eigenvalue weighted by Gasteiger charge is 2.26. The largest absolute Gasteiger partial charge is 0.349 e. The molecule has 0 spiro atoms. The number of nitrogens with one attached hydrogen (secondary N) is 1. The van der Waals surface area contributed by atoms with Crippen molar-refractivity contribution < 1.29 is 9.59 Å². The number of hydrogen-bond donors (Lipinski definition) is 1. The molecule has 0 aliphatic carbocycles. The molecule has 3 heterocycles. The van der Waals surface area contributed by atoms with E-state index in [-0.39, 0.29) is 17.6 Å². The van der Waals surface area contributed by atoms with Gasteiger partial charge >= 0.3 is 0 Å². The lowest BCUT2D eigenvalue weighted by molar-refractivity contribution is 0.0661. The number of carbonyl (C=O) groups is 2. The Kier molecular flexibility index (Phi) is 5.88. The Morgan fingerprint density at radius 2 is 1.92 bits per heavy atom. The van der Waals surface area contributed by atoms with Crippen LogP contribution in [0, 0.1) is 0 Å². The van der Waals surface area contributed by atoms with Gasteiger partial charge in [-0.2, -0.15) is 0 Å². The Hall–Kier alpha value is -2.41. The van der Waals surface area contributed by atoms with E-state index in [1.807, 2.05) is 23.1 Å². The number of unbranched alkanes of at least 4 members (excludes halogenated alkanes) is 2. The predicted octanol–water partition coefficient (Wildman–Crippen LogP) is 1.64. The molecular formula is C19H27N5O2. The van der Waals surface area contributed by atoms with Gasteiger partial charge in [0, 0.05) is 38.9 Å². The number of piperazine rings is 1. The summed E-state index contributed by atoms with van der Waals surface area (Å²) in [4.78, 5) is 34.0. The summed E-state index contributed by atoms with van der Waals surface area (Å²) in [6, 6.07) is 5.54.